The molecule has 2 saturated carbocycles. The highest BCUT2D eigenvalue weighted by molar-refractivity contribution is 6.07. The molecule has 136 valence electrons. The molecule has 0 saturated heterocycles. The van der Waals surface area contributed by atoms with E-state index >= 15 is 0 Å². The van der Waals surface area contributed by atoms with Gasteiger partial charge in [0.05, 0.1) is 16.8 Å². The van der Waals surface area contributed by atoms with Crippen LogP contribution in [0.1, 0.15) is 59.2 Å². The molecule has 2 fully saturated rings. The van der Waals surface area contributed by atoms with Crippen molar-refractivity contribution in [3.63, 3.8) is 0 Å². The lowest BCUT2D eigenvalue weighted by molar-refractivity contribution is 0.0792. The Morgan fingerprint density at radius 1 is 0.920 bits per heavy atom. The third-order valence-corrected chi connectivity index (χ3v) is 5.40. The van der Waals surface area contributed by atoms with Crippen LogP contribution in [0, 0.1) is 11.8 Å². The van der Waals surface area contributed by atoms with Crippen LogP contribution >= 0.6 is 0 Å². The number of amides is 2. The van der Waals surface area contributed by atoms with Gasteiger partial charge in [0.2, 0.25) is 0 Å². The van der Waals surface area contributed by atoms with Crippen LogP contribution in [0.3, 0.4) is 0 Å². The molecule has 0 unspecified atom stereocenters. The number of hydrogen-bond acceptors (Lipinski definition) is 3. The van der Waals surface area contributed by atoms with Crippen molar-refractivity contribution < 1.29 is 9.59 Å². The lowest BCUT2D eigenvalue weighted by Crippen LogP contribution is -2.31. The summed E-state index contributed by atoms with van der Waals surface area (Å²) in [5, 5.41) is 0. The normalized spacial score (nSPS) is 16.6. The highest BCUT2D eigenvalue weighted by Gasteiger charge is 2.26. The lowest BCUT2D eigenvalue weighted by atomic mass is 10.0. The Kier molecular flexibility index (Phi) is 5.30. The van der Waals surface area contributed by atoms with Crippen LogP contribution in [0.4, 0.5) is 5.69 Å². The second-order valence-electron chi connectivity index (χ2n) is 7.68. The van der Waals surface area contributed by atoms with Gasteiger partial charge in [0.15, 0.2) is 0 Å². The highest BCUT2D eigenvalue weighted by Crippen LogP contribution is 2.33. The summed E-state index contributed by atoms with van der Waals surface area (Å²) in [7, 11) is 3.61. The standard InChI is InChI=1S/C20H29N3O2/c1-22(12-10-14-6-7-14)19(24)16-4-3-5-17(18(16)21)20(25)23(2)13-11-15-8-9-15/h3-5,14-15H,6-13,21H2,1-2H3. The molecule has 2 N–H and O–H groups in total. The number of hydrogen-bond donors (Lipinski definition) is 1. The first-order valence-electron chi connectivity index (χ1n) is 9.36. The molecule has 1 aromatic rings. The summed E-state index contributed by atoms with van der Waals surface area (Å²) in [5.41, 5.74) is 7.36. The summed E-state index contributed by atoms with van der Waals surface area (Å²) in [4.78, 5) is 28.8. The fourth-order valence-electron chi connectivity index (χ4n) is 3.12. The Labute approximate surface area is 150 Å². The van der Waals surface area contributed by atoms with Gasteiger partial charge < -0.3 is 15.5 Å². The molecule has 0 bridgehead atoms. The van der Waals surface area contributed by atoms with E-state index in [0.29, 0.717) is 16.8 Å². The largest absolute Gasteiger partial charge is 0.397 e. The summed E-state index contributed by atoms with van der Waals surface area (Å²) in [6, 6.07) is 5.18. The molecule has 5 nitrogen and oxygen atoms in total. The second kappa shape index (κ2) is 7.46. The Bertz CT molecular complexity index is 598. The molecular formula is C20H29N3O2. The number of para-hydroxylation sites is 1. The van der Waals surface area contributed by atoms with Gasteiger partial charge in [0.1, 0.15) is 0 Å². The van der Waals surface area contributed by atoms with Gasteiger partial charge in [-0.05, 0) is 36.8 Å². The molecule has 5 heteroatoms. The van der Waals surface area contributed by atoms with Gasteiger partial charge in [-0.25, -0.2) is 0 Å². The first-order valence-corrected chi connectivity index (χ1v) is 9.36. The number of rotatable bonds is 8. The van der Waals surface area contributed by atoms with Gasteiger partial charge in [-0.1, -0.05) is 31.7 Å². The minimum atomic E-state index is -0.103. The highest BCUT2D eigenvalue weighted by atomic mass is 16.2. The monoisotopic (exact) mass is 343 g/mol. The zero-order valence-corrected chi connectivity index (χ0v) is 15.3. The number of nitrogen functional groups attached to an aromatic ring is 1. The van der Waals surface area contributed by atoms with Crippen molar-refractivity contribution >= 4 is 17.5 Å². The number of benzene rings is 1. The van der Waals surface area contributed by atoms with Crippen LogP contribution in [-0.2, 0) is 0 Å². The number of nitrogens with two attached hydrogens (primary N) is 1. The van der Waals surface area contributed by atoms with E-state index in [4.69, 9.17) is 5.73 Å². The van der Waals surface area contributed by atoms with Gasteiger partial charge in [0.25, 0.3) is 11.8 Å². The third kappa shape index (κ3) is 4.53. The minimum absolute atomic E-state index is 0.103. The van der Waals surface area contributed by atoms with E-state index in [1.165, 1.54) is 25.7 Å². The van der Waals surface area contributed by atoms with Crippen molar-refractivity contribution in [2.24, 2.45) is 11.8 Å². The van der Waals surface area contributed by atoms with Crippen molar-refractivity contribution in [2.45, 2.75) is 38.5 Å². The summed E-state index contributed by atoms with van der Waals surface area (Å²) in [6.45, 7) is 1.48. The van der Waals surface area contributed by atoms with Crippen LogP contribution in [0.5, 0.6) is 0 Å². The molecule has 3 rings (SSSR count). The van der Waals surface area contributed by atoms with Gasteiger partial charge in [-0.15, -0.1) is 0 Å². The van der Waals surface area contributed by atoms with E-state index in [-0.39, 0.29) is 11.8 Å². The van der Waals surface area contributed by atoms with Crippen molar-refractivity contribution in [2.75, 3.05) is 32.9 Å². The van der Waals surface area contributed by atoms with E-state index in [1.807, 2.05) is 0 Å². The average Bonchev–Trinajstić information content (AvgIpc) is 3.50. The summed E-state index contributed by atoms with van der Waals surface area (Å²) < 4.78 is 0. The summed E-state index contributed by atoms with van der Waals surface area (Å²) >= 11 is 0. The predicted octanol–water partition coefficient (Wildman–Crippen LogP) is 3.01. The van der Waals surface area contributed by atoms with Crippen molar-refractivity contribution in [3.05, 3.63) is 29.3 Å². The third-order valence-electron chi connectivity index (χ3n) is 5.40. The molecule has 2 aliphatic carbocycles. The molecule has 2 aliphatic rings. The van der Waals surface area contributed by atoms with E-state index in [0.717, 1.165) is 37.8 Å². The fraction of sp³-hybridized carbons (Fsp3) is 0.600. The smallest absolute Gasteiger partial charge is 0.255 e. The van der Waals surface area contributed by atoms with Crippen LogP contribution in [0.15, 0.2) is 18.2 Å². The van der Waals surface area contributed by atoms with Gasteiger partial charge in [0, 0.05) is 27.2 Å². The molecule has 0 aromatic heterocycles. The van der Waals surface area contributed by atoms with Crippen LogP contribution in [0.25, 0.3) is 0 Å². The molecule has 25 heavy (non-hydrogen) atoms. The number of carbonyl (C=O) groups excluding carboxylic acids is 2. The zero-order valence-electron chi connectivity index (χ0n) is 15.3. The maximum atomic E-state index is 12.7. The van der Waals surface area contributed by atoms with Crippen molar-refractivity contribution in [3.8, 4) is 0 Å². The molecule has 0 radical (unpaired) electrons. The number of nitrogens with zero attached hydrogens (tertiary/aromatic N) is 2. The van der Waals surface area contributed by atoms with Gasteiger partial charge in [-0.2, -0.15) is 0 Å². The maximum Gasteiger partial charge on any atom is 0.255 e. The molecule has 1 aromatic carbocycles. The SMILES string of the molecule is CN(CCC1CC1)C(=O)c1cccc(C(=O)N(C)CCC2CC2)c1N. The minimum Gasteiger partial charge on any atom is -0.397 e. The Morgan fingerprint density at radius 2 is 1.32 bits per heavy atom. The van der Waals surface area contributed by atoms with E-state index in [9.17, 15) is 9.59 Å². The summed E-state index contributed by atoms with van der Waals surface area (Å²) in [6.07, 6.45) is 7.21. The molecule has 0 heterocycles. The Morgan fingerprint density at radius 3 is 1.68 bits per heavy atom. The van der Waals surface area contributed by atoms with E-state index < -0.39 is 0 Å². The van der Waals surface area contributed by atoms with Crippen molar-refractivity contribution in [1.82, 2.24) is 9.80 Å². The Balaban J connectivity index is 1.66. The molecule has 0 spiro atoms. The van der Waals surface area contributed by atoms with Crippen LogP contribution in [0.2, 0.25) is 0 Å². The number of anilines is 1. The first kappa shape index (κ1) is 17.8. The Hall–Kier alpha value is -2.04. The molecule has 2 amide bonds. The number of carbonyl (C=O) groups is 2. The second-order valence-corrected chi connectivity index (χ2v) is 7.68. The zero-order chi connectivity index (χ0) is 18.0. The van der Waals surface area contributed by atoms with E-state index in [2.05, 4.69) is 0 Å². The molecule has 0 atom stereocenters. The van der Waals surface area contributed by atoms with Crippen LogP contribution in [-0.4, -0.2) is 48.8 Å². The summed E-state index contributed by atoms with van der Waals surface area (Å²) in [5.74, 6) is 1.35. The van der Waals surface area contributed by atoms with Gasteiger partial charge >= 0.3 is 0 Å². The predicted molar refractivity (Wildman–Crippen MR) is 99.5 cm³/mol. The topological polar surface area (TPSA) is 66.6 Å². The first-order chi connectivity index (χ1) is 12.0. The average molecular weight is 343 g/mol. The lowest BCUT2D eigenvalue weighted by Gasteiger charge is -2.21. The fourth-order valence-corrected chi connectivity index (χ4v) is 3.12. The van der Waals surface area contributed by atoms with Gasteiger partial charge in [-0.3, -0.25) is 9.59 Å². The van der Waals surface area contributed by atoms with Crippen LogP contribution < -0.4 is 5.73 Å². The quantitative estimate of drug-likeness (QED) is 0.738. The maximum absolute atomic E-state index is 12.7. The molecular weight excluding hydrogens is 314 g/mol. The molecule has 0 aliphatic heterocycles. The van der Waals surface area contributed by atoms with Crippen molar-refractivity contribution in [1.29, 1.82) is 0 Å². The van der Waals surface area contributed by atoms with E-state index in [1.54, 1.807) is 42.1 Å².